The van der Waals surface area contributed by atoms with Crippen LogP contribution in [0.2, 0.25) is 22.7 Å². The van der Waals surface area contributed by atoms with Crippen molar-refractivity contribution in [2.24, 2.45) is 0 Å². The van der Waals surface area contributed by atoms with Gasteiger partial charge >= 0.3 is 9.28 Å². The third-order valence-electron chi connectivity index (χ3n) is 5.41. The Morgan fingerprint density at radius 2 is 1.42 bits per heavy atom. The molecular formula is C20H43O4Si2. The minimum Gasteiger partial charge on any atom is -0.518 e. The first kappa shape index (κ1) is 25.8. The fourth-order valence-electron chi connectivity index (χ4n) is 3.17. The van der Waals surface area contributed by atoms with Crippen LogP contribution >= 0.6 is 0 Å². The Hall–Kier alpha value is -0.176. The molecule has 0 saturated carbocycles. The average Bonchev–Trinajstić information content (AvgIpc) is 2.62. The van der Waals surface area contributed by atoms with E-state index < -0.39 is 22.6 Å². The van der Waals surface area contributed by atoms with Crippen LogP contribution in [0.25, 0.3) is 0 Å². The summed E-state index contributed by atoms with van der Waals surface area (Å²) in [7, 11) is -3.86. The summed E-state index contributed by atoms with van der Waals surface area (Å²) in [5.41, 5.74) is 0.431. The molecule has 0 aromatic rings. The van der Waals surface area contributed by atoms with Gasteiger partial charge < -0.3 is 13.3 Å². The van der Waals surface area contributed by atoms with Crippen LogP contribution in [0.5, 0.6) is 0 Å². The second-order valence-corrected chi connectivity index (χ2v) is 14.4. The zero-order valence-corrected chi connectivity index (χ0v) is 20.6. The van der Waals surface area contributed by atoms with Crippen molar-refractivity contribution in [1.82, 2.24) is 0 Å². The molecule has 0 bridgehead atoms. The van der Waals surface area contributed by atoms with Gasteiger partial charge in [-0.2, -0.15) is 0 Å². The summed E-state index contributed by atoms with van der Waals surface area (Å²) in [6, 6.07) is 2.14. The third-order valence-corrected chi connectivity index (χ3v) is 13.1. The molecule has 1 atom stereocenters. The highest BCUT2D eigenvalue weighted by molar-refractivity contribution is 6.77. The van der Waals surface area contributed by atoms with Gasteiger partial charge in [0.15, 0.2) is 0 Å². The summed E-state index contributed by atoms with van der Waals surface area (Å²) in [6.45, 7) is 18.0. The van der Waals surface area contributed by atoms with Crippen LogP contribution < -0.4 is 0 Å². The van der Waals surface area contributed by atoms with E-state index in [2.05, 4.69) is 27.7 Å². The summed E-state index contributed by atoms with van der Waals surface area (Å²) in [6.07, 6.45) is 5.24. The van der Waals surface area contributed by atoms with E-state index in [9.17, 15) is 4.79 Å². The number of carbonyl (C=O) groups is 1. The zero-order chi connectivity index (χ0) is 20.2. The van der Waals surface area contributed by atoms with Gasteiger partial charge in [0.25, 0.3) is 14.3 Å². The quantitative estimate of drug-likeness (QED) is 0.305. The first-order chi connectivity index (χ1) is 12.3. The lowest BCUT2D eigenvalue weighted by atomic mass is 10.1. The normalized spacial score (nSPS) is 14.7. The van der Waals surface area contributed by atoms with Gasteiger partial charge in [0.1, 0.15) is 5.04 Å². The van der Waals surface area contributed by atoms with Gasteiger partial charge in [0, 0.05) is 13.2 Å². The number of hydrogen-bond acceptors (Lipinski definition) is 4. The molecule has 6 heteroatoms. The average molecular weight is 404 g/mol. The second kappa shape index (κ2) is 13.1. The van der Waals surface area contributed by atoms with Crippen molar-refractivity contribution in [3.05, 3.63) is 0 Å². The number of hydrogen-bond donors (Lipinski definition) is 0. The lowest BCUT2D eigenvalue weighted by Crippen LogP contribution is -2.50. The van der Waals surface area contributed by atoms with Gasteiger partial charge in [-0.15, -0.1) is 0 Å². The lowest BCUT2D eigenvalue weighted by Gasteiger charge is -2.39. The minimum absolute atomic E-state index is 0.0802. The van der Waals surface area contributed by atoms with Crippen LogP contribution in [0.15, 0.2) is 0 Å². The fourth-order valence-corrected chi connectivity index (χ4v) is 9.36. The van der Waals surface area contributed by atoms with Gasteiger partial charge in [-0.3, -0.25) is 4.79 Å². The minimum atomic E-state index is -2.14. The van der Waals surface area contributed by atoms with E-state index in [0.29, 0.717) is 25.2 Å². The molecule has 1 unspecified atom stereocenters. The Labute approximate surface area is 165 Å². The summed E-state index contributed by atoms with van der Waals surface area (Å²) in [4.78, 5) is 13.4. The highest BCUT2D eigenvalue weighted by Gasteiger charge is 2.51. The number of rotatable bonds is 15. The van der Waals surface area contributed by atoms with Gasteiger partial charge in [0.2, 0.25) is 0 Å². The first-order valence-corrected chi connectivity index (χ1v) is 14.4. The van der Waals surface area contributed by atoms with Gasteiger partial charge in [-0.05, 0) is 44.8 Å². The SMILES string of the molecule is CCCC[Si](CCCC)(OC(=O)C(C)(CC)[Si](OCC)OCC)C(C)C. The molecule has 0 aliphatic rings. The van der Waals surface area contributed by atoms with Gasteiger partial charge in [-0.25, -0.2) is 0 Å². The summed E-state index contributed by atoms with van der Waals surface area (Å²) < 4.78 is 18.3. The molecule has 0 fully saturated rings. The molecule has 26 heavy (non-hydrogen) atoms. The maximum Gasteiger partial charge on any atom is 0.402 e. The molecule has 0 aliphatic heterocycles. The predicted octanol–water partition coefficient (Wildman–Crippen LogP) is 6.22. The maximum absolute atomic E-state index is 13.4. The van der Waals surface area contributed by atoms with Crippen LogP contribution in [0.1, 0.15) is 87.5 Å². The van der Waals surface area contributed by atoms with Crippen LogP contribution in [-0.4, -0.2) is 36.8 Å². The maximum atomic E-state index is 13.4. The summed E-state index contributed by atoms with van der Waals surface area (Å²) >= 11 is 0. The lowest BCUT2D eigenvalue weighted by molar-refractivity contribution is -0.139. The van der Waals surface area contributed by atoms with Crippen molar-refractivity contribution in [3.63, 3.8) is 0 Å². The highest BCUT2D eigenvalue weighted by atomic mass is 28.4. The van der Waals surface area contributed by atoms with E-state index in [-0.39, 0.29) is 5.97 Å². The van der Waals surface area contributed by atoms with Gasteiger partial charge in [0.05, 0.1) is 0 Å². The largest absolute Gasteiger partial charge is 0.518 e. The smallest absolute Gasteiger partial charge is 0.402 e. The molecule has 0 amide bonds. The predicted molar refractivity (Wildman–Crippen MR) is 114 cm³/mol. The molecular weight excluding hydrogens is 360 g/mol. The monoisotopic (exact) mass is 403 g/mol. The highest BCUT2D eigenvalue weighted by Crippen LogP contribution is 2.41. The van der Waals surface area contributed by atoms with E-state index in [4.69, 9.17) is 13.3 Å². The van der Waals surface area contributed by atoms with Crippen molar-refractivity contribution >= 4 is 23.6 Å². The van der Waals surface area contributed by atoms with Crippen molar-refractivity contribution in [3.8, 4) is 0 Å². The summed E-state index contributed by atoms with van der Waals surface area (Å²) in [5, 5.41) is -0.664. The van der Waals surface area contributed by atoms with Crippen LogP contribution in [0.4, 0.5) is 0 Å². The van der Waals surface area contributed by atoms with E-state index >= 15 is 0 Å². The molecule has 0 aliphatic carbocycles. The van der Waals surface area contributed by atoms with E-state index in [1.165, 1.54) is 0 Å². The Morgan fingerprint density at radius 3 is 1.73 bits per heavy atom. The molecule has 155 valence electrons. The van der Waals surface area contributed by atoms with Crippen LogP contribution in [-0.2, 0) is 18.1 Å². The molecule has 0 N–H and O–H groups in total. The molecule has 0 spiro atoms. The standard InChI is InChI=1S/C20H43O4Si2/c1-9-14-16-26(18(6)7,17-15-10-2)24-19(21)20(8,11-3)25(22-12-4)23-13-5/h18H,9-17H2,1-8H3. The van der Waals surface area contributed by atoms with Crippen molar-refractivity contribution in [2.45, 2.75) is 110 Å². The van der Waals surface area contributed by atoms with E-state index in [1.807, 2.05) is 27.7 Å². The molecule has 0 rings (SSSR count). The van der Waals surface area contributed by atoms with Crippen molar-refractivity contribution in [2.75, 3.05) is 13.2 Å². The molecule has 1 radical (unpaired) electrons. The van der Waals surface area contributed by atoms with Gasteiger partial charge in [-0.1, -0.05) is 60.3 Å². The van der Waals surface area contributed by atoms with Crippen LogP contribution in [0, 0.1) is 0 Å². The number of carbonyl (C=O) groups excluding carboxylic acids is 1. The Bertz CT molecular complexity index is 376. The fraction of sp³-hybridized carbons (Fsp3) is 0.950. The summed E-state index contributed by atoms with van der Waals surface area (Å²) in [5.74, 6) is -0.0802. The zero-order valence-electron chi connectivity index (χ0n) is 18.6. The molecule has 0 aromatic carbocycles. The topological polar surface area (TPSA) is 44.8 Å². The van der Waals surface area contributed by atoms with E-state index in [1.54, 1.807) is 0 Å². The Morgan fingerprint density at radius 1 is 0.962 bits per heavy atom. The molecule has 0 saturated heterocycles. The van der Waals surface area contributed by atoms with Crippen LogP contribution in [0.3, 0.4) is 0 Å². The van der Waals surface area contributed by atoms with Crippen molar-refractivity contribution in [1.29, 1.82) is 0 Å². The molecule has 4 nitrogen and oxygen atoms in total. The van der Waals surface area contributed by atoms with E-state index in [0.717, 1.165) is 37.8 Å². The first-order valence-electron chi connectivity index (χ1n) is 10.6. The molecule has 0 aromatic heterocycles. The Balaban J connectivity index is 5.62. The Kier molecular flexibility index (Phi) is 13.0. The second-order valence-electron chi connectivity index (χ2n) is 7.66. The third kappa shape index (κ3) is 7.09. The van der Waals surface area contributed by atoms with Crippen molar-refractivity contribution < 1.29 is 18.1 Å². The number of unbranched alkanes of at least 4 members (excludes halogenated alkanes) is 2. The molecule has 0 heterocycles.